The second-order valence-corrected chi connectivity index (χ2v) is 6.62. The highest BCUT2D eigenvalue weighted by atomic mass is 19.1. The van der Waals surface area contributed by atoms with E-state index in [-0.39, 0.29) is 5.82 Å². The van der Waals surface area contributed by atoms with Gasteiger partial charge in [0.1, 0.15) is 11.6 Å². The molecule has 0 N–H and O–H groups in total. The zero-order valence-electron chi connectivity index (χ0n) is 12.6. The summed E-state index contributed by atoms with van der Waals surface area (Å²) in [5, 5.41) is 0. The molecule has 2 atom stereocenters. The molecule has 3 heterocycles. The molecule has 2 aliphatic rings. The summed E-state index contributed by atoms with van der Waals surface area (Å²) >= 11 is 0. The smallest absolute Gasteiger partial charge is 0.123 e. The van der Waals surface area contributed by atoms with Crippen molar-refractivity contribution in [2.24, 2.45) is 11.8 Å². The van der Waals surface area contributed by atoms with Gasteiger partial charge in [-0.2, -0.15) is 0 Å². The number of rotatable bonds is 4. The number of likely N-dealkylation sites (tertiary alicyclic amines) is 2. The minimum atomic E-state index is -0.137. The van der Waals surface area contributed by atoms with Crippen LogP contribution in [0.25, 0.3) is 0 Å². The van der Waals surface area contributed by atoms with E-state index in [4.69, 9.17) is 4.42 Å². The summed E-state index contributed by atoms with van der Waals surface area (Å²) in [6.07, 6.45) is 1.74. The lowest BCUT2D eigenvalue weighted by Gasteiger charge is -2.20. The average Bonchev–Trinajstić information content (AvgIpc) is 3.16. The molecule has 0 amide bonds. The Labute approximate surface area is 130 Å². The molecule has 4 heteroatoms. The predicted molar refractivity (Wildman–Crippen MR) is 82.6 cm³/mol. The molecule has 0 bridgehead atoms. The molecule has 3 nitrogen and oxygen atoms in total. The maximum atomic E-state index is 13.3. The number of hydrogen-bond donors (Lipinski definition) is 0. The second-order valence-electron chi connectivity index (χ2n) is 6.62. The van der Waals surface area contributed by atoms with E-state index in [2.05, 4.69) is 9.80 Å². The lowest BCUT2D eigenvalue weighted by atomic mass is 10.0. The van der Waals surface area contributed by atoms with Crippen molar-refractivity contribution in [1.82, 2.24) is 9.80 Å². The van der Waals surface area contributed by atoms with Crippen LogP contribution >= 0.6 is 0 Å². The van der Waals surface area contributed by atoms with E-state index < -0.39 is 0 Å². The quantitative estimate of drug-likeness (QED) is 0.865. The van der Waals surface area contributed by atoms with Gasteiger partial charge in [-0.1, -0.05) is 12.1 Å². The van der Waals surface area contributed by atoms with E-state index in [0.717, 1.165) is 62.4 Å². The molecular weight excluding hydrogens is 279 g/mol. The topological polar surface area (TPSA) is 19.6 Å². The molecule has 2 aromatic rings. The Balaban J connectivity index is 1.32. The fourth-order valence-corrected chi connectivity index (χ4v) is 3.96. The van der Waals surface area contributed by atoms with Crippen LogP contribution in [0.15, 0.2) is 47.1 Å². The molecule has 4 rings (SSSR count). The van der Waals surface area contributed by atoms with Crippen LogP contribution in [0.5, 0.6) is 0 Å². The Morgan fingerprint density at radius 1 is 0.955 bits per heavy atom. The van der Waals surface area contributed by atoms with E-state index in [9.17, 15) is 4.39 Å². The van der Waals surface area contributed by atoms with Crippen LogP contribution < -0.4 is 0 Å². The second kappa shape index (κ2) is 5.86. The van der Waals surface area contributed by atoms with Gasteiger partial charge in [-0.05, 0) is 41.7 Å². The third-order valence-corrected chi connectivity index (χ3v) is 4.89. The monoisotopic (exact) mass is 300 g/mol. The van der Waals surface area contributed by atoms with E-state index in [1.807, 2.05) is 18.2 Å². The molecule has 1 aromatic carbocycles. The number of furan rings is 1. The first-order valence-electron chi connectivity index (χ1n) is 7.98. The van der Waals surface area contributed by atoms with E-state index in [1.54, 1.807) is 18.4 Å². The summed E-state index contributed by atoms with van der Waals surface area (Å²) in [7, 11) is 0. The Morgan fingerprint density at radius 2 is 1.68 bits per heavy atom. The maximum Gasteiger partial charge on any atom is 0.123 e. The van der Waals surface area contributed by atoms with Crippen LogP contribution in [0, 0.1) is 17.7 Å². The van der Waals surface area contributed by atoms with E-state index in [1.165, 1.54) is 6.07 Å². The summed E-state index contributed by atoms with van der Waals surface area (Å²) in [5.74, 6) is 2.39. The highest BCUT2D eigenvalue weighted by molar-refractivity contribution is 5.16. The van der Waals surface area contributed by atoms with Gasteiger partial charge >= 0.3 is 0 Å². The summed E-state index contributed by atoms with van der Waals surface area (Å²) < 4.78 is 18.7. The minimum absolute atomic E-state index is 0.137. The molecule has 0 spiro atoms. The molecule has 0 aliphatic carbocycles. The van der Waals surface area contributed by atoms with Crippen LogP contribution in [-0.2, 0) is 13.1 Å². The van der Waals surface area contributed by atoms with Gasteiger partial charge in [0.05, 0.1) is 12.8 Å². The van der Waals surface area contributed by atoms with E-state index in [0.29, 0.717) is 0 Å². The Bertz CT molecular complexity index is 614. The standard InChI is InChI=1S/C18H21FN2O/c19-17-4-1-3-14(7-17)8-20-9-15-11-21(12-16(15)10-20)13-18-5-2-6-22-18/h1-7,15-16H,8-13H2. The number of fused-ring (bicyclic) bond motifs is 1. The van der Waals surface area contributed by atoms with Crippen molar-refractivity contribution in [1.29, 1.82) is 0 Å². The van der Waals surface area contributed by atoms with Crippen molar-refractivity contribution < 1.29 is 8.81 Å². The van der Waals surface area contributed by atoms with Crippen LogP contribution in [-0.4, -0.2) is 36.0 Å². The molecule has 22 heavy (non-hydrogen) atoms. The molecule has 1 aromatic heterocycles. The normalized spacial score (nSPS) is 25.7. The number of hydrogen-bond acceptors (Lipinski definition) is 3. The highest BCUT2D eigenvalue weighted by Crippen LogP contribution is 2.32. The first-order chi connectivity index (χ1) is 10.8. The van der Waals surface area contributed by atoms with Crippen LogP contribution in [0.3, 0.4) is 0 Å². The summed E-state index contributed by atoms with van der Waals surface area (Å²) in [6.45, 7) is 6.31. The number of halogens is 1. The zero-order valence-corrected chi connectivity index (χ0v) is 12.6. The molecule has 2 unspecified atom stereocenters. The largest absolute Gasteiger partial charge is 0.468 e. The van der Waals surface area contributed by atoms with Crippen LogP contribution in [0.2, 0.25) is 0 Å². The van der Waals surface area contributed by atoms with Crippen molar-refractivity contribution >= 4 is 0 Å². The minimum Gasteiger partial charge on any atom is -0.468 e. The molecule has 116 valence electrons. The third-order valence-electron chi connectivity index (χ3n) is 4.89. The zero-order chi connectivity index (χ0) is 14.9. The van der Waals surface area contributed by atoms with Crippen LogP contribution in [0.1, 0.15) is 11.3 Å². The van der Waals surface area contributed by atoms with Gasteiger partial charge in [0.25, 0.3) is 0 Å². The Morgan fingerprint density at radius 3 is 2.32 bits per heavy atom. The van der Waals surface area contributed by atoms with Crippen molar-refractivity contribution in [2.45, 2.75) is 13.1 Å². The third kappa shape index (κ3) is 2.94. The highest BCUT2D eigenvalue weighted by Gasteiger charge is 2.39. The number of nitrogens with zero attached hydrogens (tertiary/aromatic N) is 2. The van der Waals surface area contributed by atoms with Gasteiger partial charge in [-0.3, -0.25) is 9.80 Å². The fraction of sp³-hybridized carbons (Fsp3) is 0.444. The van der Waals surface area contributed by atoms with Gasteiger partial charge in [0.15, 0.2) is 0 Å². The predicted octanol–water partition coefficient (Wildman–Crippen LogP) is 2.98. The van der Waals surface area contributed by atoms with Gasteiger partial charge in [-0.25, -0.2) is 4.39 Å². The van der Waals surface area contributed by atoms with Crippen LogP contribution in [0.4, 0.5) is 4.39 Å². The lowest BCUT2D eigenvalue weighted by Crippen LogP contribution is -2.28. The van der Waals surface area contributed by atoms with Gasteiger partial charge < -0.3 is 4.42 Å². The molecular formula is C18H21FN2O. The van der Waals surface area contributed by atoms with Gasteiger partial charge in [0, 0.05) is 32.7 Å². The van der Waals surface area contributed by atoms with Crippen molar-refractivity contribution in [3.8, 4) is 0 Å². The molecule has 0 saturated carbocycles. The van der Waals surface area contributed by atoms with Crippen molar-refractivity contribution in [3.63, 3.8) is 0 Å². The first kappa shape index (κ1) is 14.0. The summed E-state index contributed by atoms with van der Waals surface area (Å²) in [4.78, 5) is 4.96. The maximum absolute atomic E-state index is 13.3. The first-order valence-corrected chi connectivity index (χ1v) is 7.98. The molecule has 0 radical (unpaired) electrons. The van der Waals surface area contributed by atoms with Gasteiger partial charge in [-0.15, -0.1) is 0 Å². The summed E-state index contributed by atoms with van der Waals surface area (Å²) in [6, 6.07) is 11.0. The molecule has 2 aliphatic heterocycles. The number of benzene rings is 1. The van der Waals surface area contributed by atoms with Crippen molar-refractivity contribution in [3.05, 3.63) is 59.8 Å². The Hall–Kier alpha value is -1.65. The lowest BCUT2D eigenvalue weighted by molar-refractivity contribution is 0.234. The van der Waals surface area contributed by atoms with E-state index >= 15 is 0 Å². The average molecular weight is 300 g/mol. The summed E-state index contributed by atoms with van der Waals surface area (Å²) in [5.41, 5.74) is 1.08. The fourth-order valence-electron chi connectivity index (χ4n) is 3.96. The molecule has 2 fully saturated rings. The SMILES string of the molecule is Fc1cccc(CN2CC3CN(Cc4ccco4)CC3C2)c1. The molecule has 2 saturated heterocycles. The van der Waals surface area contributed by atoms with Gasteiger partial charge in [0.2, 0.25) is 0 Å². The Kier molecular flexibility index (Phi) is 3.72. The van der Waals surface area contributed by atoms with Crippen molar-refractivity contribution in [2.75, 3.05) is 26.2 Å².